The lowest BCUT2D eigenvalue weighted by atomic mass is 9.83. The summed E-state index contributed by atoms with van der Waals surface area (Å²) in [6, 6.07) is 22.3. The number of ketones is 2. The van der Waals surface area contributed by atoms with Gasteiger partial charge in [0.1, 0.15) is 33.4 Å². The van der Waals surface area contributed by atoms with Crippen LogP contribution in [0, 0.1) is 12.8 Å². The summed E-state index contributed by atoms with van der Waals surface area (Å²) in [4.78, 5) is 28.0. The molecule has 1 aliphatic carbocycles. The van der Waals surface area contributed by atoms with E-state index in [-0.39, 0.29) is 34.4 Å². The van der Waals surface area contributed by atoms with E-state index in [1.54, 1.807) is 19.1 Å². The van der Waals surface area contributed by atoms with Gasteiger partial charge in [-0.3, -0.25) is 9.59 Å². The Morgan fingerprint density at radius 1 is 0.714 bits per heavy atom. The van der Waals surface area contributed by atoms with Crippen molar-refractivity contribution in [3.8, 4) is 22.9 Å². The molecule has 2 heterocycles. The van der Waals surface area contributed by atoms with Gasteiger partial charge in [-0.1, -0.05) is 71.2 Å². The number of aryl methyl sites for hydroxylation is 1. The minimum absolute atomic E-state index is 0.0129. The summed E-state index contributed by atoms with van der Waals surface area (Å²) >= 11 is 0. The summed E-state index contributed by atoms with van der Waals surface area (Å²) in [5, 5.41) is 39.1. The van der Waals surface area contributed by atoms with Crippen LogP contribution in [-0.4, -0.2) is 51.8 Å². The Kier molecular flexibility index (Phi) is 9.32. The predicted molar refractivity (Wildman–Crippen MR) is 190 cm³/mol. The second kappa shape index (κ2) is 13.6. The van der Waals surface area contributed by atoms with Crippen molar-refractivity contribution >= 4 is 33.6 Å². The van der Waals surface area contributed by atoms with E-state index in [1.165, 1.54) is 16.0 Å². The lowest BCUT2D eigenvalue weighted by Gasteiger charge is -2.21. The van der Waals surface area contributed by atoms with E-state index < -0.39 is 0 Å². The van der Waals surface area contributed by atoms with Crippen LogP contribution >= 0.6 is 0 Å². The predicted octanol–water partition coefficient (Wildman–Crippen LogP) is 8.21. The summed E-state index contributed by atoms with van der Waals surface area (Å²) in [5.74, 6) is -0.147. The molecule has 0 unspecified atom stereocenters. The second-order valence-corrected chi connectivity index (χ2v) is 13.8. The Morgan fingerprint density at radius 3 is 1.65 bits per heavy atom. The van der Waals surface area contributed by atoms with Gasteiger partial charge in [-0.15, -0.1) is 30.0 Å². The van der Waals surface area contributed by atoms with Crippen LogP contribution < -0.4 is 0 Å². The number of Topliss-reactive ketones (excluding diaryl/α,β-unsaturated/α-hetero) is 2. The maximum Gasteiger partial charge on any atom is 0.169 e. The zero-order valence-corrected chi connectivity index (χ0v) is 28.6. The first kappa shape index (κ1) is 33.5. The molecular formula is C39H42N6O4. The SMILES string of the molecule is CCC(=O)c1cc(C(C)(C)C)cc(-n2nc3ccccc3n2)c1O.Cc1cc(C(=O)C2CCCCC2)c(O)c(-n2nc3ccccc3n2)c1. The summed E-state index contributed by atoms with van der Waals surface area (Å²) in [6.45, 7) is 9.90. The first-order valence-corrected chi connectivity index (χ1v) is 16.9. The summed E-state index contributed by atoms with van der Waals surface area (Å²) in [5.41, 5.74) is 6.27. The van der Waals surface area contributed by atoms with E-state index in [9.17, 15) is 19.8 Å². The van der Waals surface area contributed by atoms with Gasteiger partial charge in [-0.05, 0) is 84.8 Å². The fourth-order valence-electron chi connectivity index (χ4n) is 6.23. The molecule has 2 N–H and O–H groups in total. The number of aromatic hydroxyl groups is 2. The highest BCUT2D eigenvalue weighted by molar-refractivity contribution is 6.01. The van der Waals surface area contributed by atoms with Gasteiger partial charge < -0.3 is 10.2 Å². The molecule has 0 radical (unpaired) electrons. The first-order chi connectivity index (χ1) is 23.4. The van der Waals surface area contributed by atoms with Gasteiger partial charge in [0, 0.05) is 12.3 Å². The third-order valence-electron chi connectivity index (χ3n) is 9.06. The molecule has 0 atom stereocenters. The van der Waals surface area contributed by atoms with Crippen LogP contribution in [0.1, 0.15) is 98.1 Å². The second-order valence-electron chi connectivity index (χ2n) is 13.8. The monoisotopic (exact) mass is 658 g/mol. The molecule has 0 aliphatic heterocycles. The van der Waals surface area contributed by atoms with Crippen molar-refractivity contribution in [2.24, 2.45) is 5.92 Å². The number of fused-ring (bicyclic) bond motifs is 2. The molecular weight excluding hydrogens is 616 g/mol. The number of nitrogens with zero attached hydrogens (tertiary/aromatic N) is 6. The average Bonchev–Trinajstić information content (AvgIpc) is 3.73. The Labute approximate surface area is 285 Å². The topological polar surface area (TPSA) is 136 Å². The molecule has 0 bridgehead atoms. The highest BCUT2D eigenvalue weighted by atomic mass is 16.3. The van der Waals surface area contributed by atoms with E-state index in [1.807, 2.05) is 67.6 Å². The highest BCUT2D eigenvalue weighted by Gasteiger charge is 2.27. The number of benzene rings is 4. The van der Waals surface area contributed by atoms with Crippen LogP contribution in [0.15, 0.2) is 72.8 Å². The van der Waals surface area contributed by atoms with Crippen LogP contribution in [0.5, 0.6) is 11.5 Å². The minimum atomic E-state index is -0.169. The van der Waals surface area contributed by atoms with Crippen LogP contribution in [0.3, 0.4) is 0 Å². The molecule has 1 aliphatic rings. The van der Waals surface area contributed by atoms with Gasteiger partial charge in [0.2, 0.25) is 0 Å². The number of phenols is 2. The lowest BCUT2D eigenvalue weighted by molar-refractivity contribution is 0.0886. The van der Waals surface area contributed by atoms with Crippen molar-refractivity contribution in [2.75, 3.05) is 0 Å². The van der Waals surface area contributed by atoms with Crippen molar-refractivity contribution in [3.05, 3.63) is 95.1 Å². The van der Waals surface area contributed by atoms with Crippen molar-refractivity contribution in [3.63, 3.8) is 0 Å². The van der Waals surface area contributed by atoms with Gasteiger partial charge in [-0.2, -0.15) is 0 Å². The van der Waals surface area contributed by atoms with Gasteiger partial charge >= 0.3 is 0 Å². The summed E-state index contributed by atoms with van der Waals surface area (Å²) in [7, 11) is 0. The number of phenolic OH excluding ortho intramolecular Hbond substituents is 2. The molecule has 252 valence electrons. The number of rotatable bonds is 6. The molecule has 6 aromatic rings. The van der Waals surface area contributed by atoms with Crippen molar-refractivity contribution in [1.29, 1.82) is 0 Å². The molecule has 0 spiro atoms. The Hall–Kier alpha value is -5.38. The molecule has 49 heavy (non-hydrogen) atoms. The standard InChI is InChI=1S/C20H21N3O2.C19H21N3O2/c1-13-11-15(19(24)14-7-3-2-4-8-14)20(25)18(12-13)23-21-16-9-5-6-10-17(16)22-23;1-5-17(23)13-10-12(19(2,3)4)11-16(18(13)24)22-20-14-8-6-7-9-15(14)21-22/h5-6,9-12,14,25H,2-4,7-8H2,1H3;6-11,24H,5H2,1-4H3. The van der Waals surface area contributed by atoms with Gasteiger partial charge in [0.05, 0.1) is 11.1 Å². The maximum absolute atomic E-state index is 12.9. The van der Waals surface area contributed by atoms with Crippen LogP contribution in [-0.2, 0) is 5.41 Å². The van der Waals surface area contributed by atoms with E-state index in [0.717, 1.165) is 58.9 Å². The molecule has 1 fully saturated rings. The lowest BCUT2D eigenvalue weighted by Crippen LogP contribution is -2.18. The van der Waals surface area contributed by atoms with Crippen molar-refractivity contribution in [1.82, 2.24) is 30.0 Å². The minimum Gasteiger partial charge on any atom is -0.505 e. The number of aromatic nitrogens is 6. The Morgan fingerprint density at radius 2 is 1.18 bits per heavy atom. The van der Waals surface area contributed by atoms with E-state index in [4.69, 9.17) is 0 Å². The third kappa shape index (κ3) is 6.95. The Balaban J connectivity index is 0.000000170. The number of hydrogen-bond acceptors (Lipinski definition) is 8. The highest BCUT2D eigenvalue weighted by Crippen LogP contribution is 2.35. The number of carbonyl (C=O) groups is 2. The largest absolute Gasteiger partial charge is 0.505 e. The van der Waals surface area contributed by atoms with Crippen molar-refractivity contribution in [2.45, 2.75) is 78.6 Å². The number of hydrogen-bond donors (Lipinski definition) is 2. The zero-order chi connectivity index (χ0) is 34.9. The fraction of sp³-hybridized carbons (Fsp3) is 0.333. The molecule has 0 saturated heterocycles. The number of carbonyl (C=O) groups excluding carboxylic acids is 2. The molecule has 2 aromatic heterocycles. The molecule has 0 amide bonds. The maximum atomic E-state index is 12.9. The molecule has 10 nitrogen and oxygen atoms in total. The first-order valence-electron chi connectivity index (χ1n) is 16.9. The van der Waals surface area contributed by atoms with E-state index >= 15 is 0 Å². The van der Waals surface area contributed by atoms with Gasteiger partial charge in [0.25, 0.3) is 0 Å². The normalized spacial score (nSPS) is 13.7. The van der Waals surface area contributed by atoms with Crippen LogP contribution in [0.4, 0.5) is 0 Å². The molecule has 4 aromatic carbocycles. The van der Waals surface area contributed by atoms with Gasteiger partial charge in [-0.25, -0.2) is 0 Å². The van der Waals surface area contributed by atoms with Crippen molar-refractivity contribution < 1.29 is 19.8 Å². The summed E-state index contributed by atoms with van der Waals surface area (Å²) < 4.78 is 0. The fourth-order valence-corrected chi connectivity index (χ4v) is 6.23. The molecule has 7 rings (SSSR count). The zero-order valence-electron chi connectivity index (χ0n) is 28.6. The van der Waals surface area contributed by atoms with E-state index in [0.29, 0.717) is 28.9 Å². The van der Waals surface area contributed by atoms with Gasteiger partial charge in [0.15, 0.2) is 23.1 Å². The molecule has 1 saturated carbocycles. The Bertz CT molecular complexity index is 2100. The quantitative estimate of drug-likeness (QED) is 0.171. The van der Waals surface area contributed by atoms with Crippen LogP contribution in [0.2, 0.25) is 0 Å². The molecule has 10 heteroatoms. The average molecular weight is 659 g/mol. The van der Waals surface area contributed by atoms with E-state index in [2.05, 4.69) is 41.2 Å². The van der Waals surface area contributed by atoms with Crippen LogP contribution in [0.25, 0.3) is 33.4 Å². The third-order valence-corrected chi connectivity index (χ3v) is 9.06. The summed E-state index contributed by atoms with van der Waals surface area (Å²) in [6.07, 6.45) is 5.51. The smallest absolute Gasteiger partial charge is 0.169 e.